The van der Waals surface area contributed by atoms with Gasteiger partial charge in [0.25, 0.3) is 5.91 Å². The van der Waals surface area contributed by atoms with Crippen LogP contribution >= 0.6 is 11.6 Å². The van der Waals surface area contributed by atoms with Crippen molar-refractivity contribution in [1.29, 1.82) is 0 Å². The second kappa shape index (κ2) is 8.09. The summed E-state index contributed by atoms with van der Waals surface area (Å²) in [5.41, 5.74) is 2.71. The summed E-state index contributed by atoms with van der Waals surface area (Å²) >= 11 is 6.01. The SMILES string of the molecule is O=C(Nc1cc(NCc2cn3cc(C4CC4)ccc3n2)ccn1)[C@@]1(F)C[C@@H]1c1cccc(Cl)c1. The second-order valence-corrected chi connectivity index (χ2v) is 9.58. The summed E-state index contributed by atoms with van der Waals surface area (Å²) in [4.78, 5) is 21.5. The number of alkyl halides is 1. The number of hydrogen-bond donors (Lipinski definition) is 2. The van der Waals surface area contributed by atoms with Crippen molar-refractivity contribution >= 4 is 34.7 Å². The highest BCUT2D eigenvalue weighted by Crippen LogP contribution is 2.55. The van der Waals surface area contributed by atoms with Crippen molar-refractivity contribution in [3.63, 3.8) is 0 Å². The third-order valence-corrected chi connectivity index (χ3v) is 6.80. The number of aromatic nitrogens is 3. The van der Waals surface area contributed by atoms with Gasteiger partial charge in [-0.1, -0.05) is 29.8 Å². The van der Waals surface area contributed by atoms with E-state index in [0.717, 1.165) is 22.6 Å². The topological polar surface area (TPSA) is 71.3 Å². The highest BCUT2D eigenvalue weighted by molar-refractivity contribution is 6.30. The first-order chi connectivity index (χ1) is 16.5. The minimum Gasteiger partial charge on any atom is -0.379 e. The summed E-state index contributed by atoms with van der Waals surface area (Å²) in [7, 11) is 0. The number of fused-ring (bicyclic) bond motifs is 1. The van der Waals surface area contributed by atoms with E-state index in [4.69, 9.17) is 11.6 Å². The first-order valence-electron chi connectivity index (χ1n) is 11.4. The molecule has 0 aliphatic heterocycles. The van der Waals surface area contributed by atoms with Crippen LogP contribution in [0, 0.1) is 0 Å². The molecule has 6 rings (SSSR count). The lowest BCUT2D eigenvalue weighted by molar-refractivity contribution is -0.122. The second-order valence-electron chi connectivity index (χ2n) is 9.15. The number of amides is 1. The van der Waals surface area contributed by atoms with Gasteiger partial charge in [-0.25, -0.2) is 14.4 Å². The van der Waals surface area contributed by atoms with E-state index in [1.807, 2.05) is 6.20 Å². The van der Waals surface area contributed by atoms with Gasteiger partial charge in [0.05, 0.1) is 12.2 Å². The number of nitrogens with zero attached hydrogens (tertiary/aromatic N) is 3. The molecular formula is C26H23ClFN5O. The van der Waals surface area contributed by atoms with Gasteiger partial charge < -0.3 is 15.0 Å². The number of anilines is 2. The summed E-state index contributed by atoms with van der Waals surface area (Å²) in [6.45, 7) is 0.516. The Morgan fingerprint density at radius 2 is 2.03 bits per heavy atom. The van der Waals surface area contributed by atoms with Crippen LogP contribution in [0.5, 0.6) is 0 Å². The molecule has 2 atom stereocenters. The zero-order valence-electron chi connectivity index (χ0n) is 18.3. The zero-order chi connectivity index (χ0) is 23.3. The van der Waals surface area contributed by atoms with Crippen LogP contribution in [-0.4, -0.2) is 25.9 Å². The number of carbonyl (C=O) groups is 1. The molecule has 8 heteroatoms. The molecule has 0 unspecified atom stereocenters. The number of halogens is 2. The molecule has 0 spiro atoms. The molecule has 0 bridgehead atoms. The van der Waals surface area contributed by atoms with Crippen LogP contribution in [0.3, 0.4) is 0 Å². The van der Waals surface area contributed by atoms with Crippen molar-refractivity contribution in [3.8, 4) is 0 Å². The largest absolute Gasteiger partial charge is 0.379 e. The maximum absolute atomic E-state index is 15.2. The van der Waals surface area contributed by atoms with Crippen LogP contribution in [0.4, 0.5) is 15.9 Å². The molecule has 2 fully saturated rings. The summed E-state index contributed by atoms with van der Waals surface area (Å²) in [5, 5.41) is 6.46. The van der Waals surface area contributed by atoms with E-state index in [2.05, 4.69) is 43.3 Å². The normalized spacial score (nSPS) is 21.4. The van der Waals surface area contributed by atoms with Gasteiger partial charge in [-0.05, 0) is 54.2 Å². The number of carbonyl (C=O) groups excluding carboxylic acids is 1. The van der Waals surface area contributed by atoms with Crippen LogP contribution in [0.2, 0.25) is 5.02 Å². The van der Waals surface area contributed by atoms with E-state index in [9.17, 15) is 4.79 Å². The third kappa shape index (κ3) is 4.12. The molecule has 34 heavy (non-hydrogen) atoms. The van der Waals surface area contributed by atoms with Gasteiger partial charge in [0, 0.05) is 47.7 Å². The van der Waals surface area contributed by atoms with E-state index in [1.54, 1.807) is 42.6 Å². The number of nitrogens with one attached hydrogen (secondary N) is 2. The van der Waals surface area contributed by atoms with E-state index < -0.39 is 17.5 Å². The fraction of sp³-hybridized carbons (Fsp3) is 0.269. The molecule has 2 aliphatic rings. The van der Waals surface area contributed by atoms with Gasteiger partial charge in [-0.2, -0.15) is 0 Å². The minimum atomic E-state index is -1.95. The maximum atomic E-state index is 15.2. The third-order valence-electron chi connectivity index (χ3n) is 6.57. The molecule has 6 nitrogen and oxygen atoms in total. The number of benzene rings is 1. The molecule has 3 aromatic heterocycles. The Balaban J connectivity index is 1.10. The summed E-state index contributed by atoms with van der Waals surface area (Å²) in [6, 6.07) is 14.7. The summed E-state index contributed by atoms with van der Waals surface area (Å²) in [5.74, 6) is -0.191. The van der Waals surface area contributed by atoms with Gasteiger partial charge in [0.1, 0.15) is 11.5 Å². The molecule has 2 N–H and O–H groups in total. The van der Waals surface area contributed by atoms with Crippen molar-refractivity contribution in [2.24, 2.45) is 0 Å². The molecule has 2 saturated carbocycles. The lowest BCUT2D eigenvalue weighted by atomic mass is 10.1. The lowest BCUT2D eigenvalue weighted by Crippen LogP contribution is -2.27. The van der Waals surface area contributed by atoms with Crippen molar-refractivity contribution in [2.75, 3.05) is 10.6 Å². The Morgan fingerprint density at radius 1 is 1.15 bits per heavy atom. The highest BCUT2D eigenvalue weighted by Gasteiger charge is 2.62. The Hall–Kier alpha value is -3.45. The maximum Gasteiger partial charge on any atom is 0.263 e. The molecule has 172 valence electrons. The van der Waals surface area contributed by atoms with E-state index >= 15 is 4.39 Å². The first kappa shape index (κ1) is 21.1. The summed E-state index contributed by atoms with van der Waals surface area (Å²) < 4.78 is 17.3. The Morgan fingerprint density at radius 3 is 2.85 bits per heavy atom. The van der Waals surface area contributed by atoms with Gasteiger partial charge in [-0.3, -0.25) is 4.79 Å². The average Bonchev–Trinajstić information content (AvgIpc) is 3.75. The highest BCUT2D eigenvalue weighted by atomic mass is 35.5. The average molecular weight is 476 g/mol. The number of hydrogen-bond acceptors (Lipinski definition) is 4. The van der Waals surface area contributed by atoms with Crippen molar-refractivity contribution in [1.82, 2.24) is 14.4 Å². The molecule has 1 amide bonds. The smallest absolute Gasteiger partial charge is 0.263 e. The Labute approximate surface area is 201 Å². The number of imidazole rings is 1. The molecule has 3 heterocycles. The zero-order valence-corrected chi connectivity index (χ0v) is 19.1. The van der Waals surface area contributed by atoms with Crippen molar-refractivity contribution in [3.05, 3.63) is 89.0 Å². The Kier molecular flexibility index (Phi) is 5.03. The van der Waals surface area contributed by atoms with E-state index in [0.29, 0.717) is 23.3 Å². The van der Waals surface area contributed by atoms with Crippen molar-refractivity contribution < 1.29 is 9.18 Å². The monoisotopic (exact) mass is 475 g/mol. The molecule has 4 aromatic rings. The van der Waals surface area contributed by atoms with Crippen LogP contribution in [0.15, 0.2) is 67.1 Å². The molecular weight excluding hydrogens is 453 g/mol. The standard InChI is InChI=1S/C26H23ClFN5O/c27-19-3-1-2-17(10-19)22-12-26(22,28)25(34)32-23-11-20(8-9-29-23)30-13-21-15-33-14-18(16-4-5-16)6-7-24(33)31-21/h1-3,6-11,14-16,22H,4-5,12-13H2,(H2,29,30,32,34)/t22-,26-/m1/s1. The van der Waals surface area contributed by atoms with E-state index in [1.165, 1.54) is 18.4 Å². The van der Waals surface area contributed by atoms with Gasteiger partial charge >= 0.3 is 0 Å². The Bertz CT molecular complexity index is 1400. The molecule has 1 aromatic carbocycles. The van der Waals surface area contributed by atoms with Crippen molar-refractivity contribution in [2.45, 2.75) is 43.3 Å². The van der Waals surface area contributed by atoms with Gasteiger partial charge in [0.2, 0.25) is 0 Å². The fourth-order valence-electron chi connectivity index (χ4n) is 4.42. The predicted molar refractivity (Wildman–Crippen MR) is 130 cm³/mol. The van der Waals surface area contributed by atoms with Crippen LogP contribution < -0.4 is 10.6 Å². The van der Waals surface area contributed by atoms with Crippen LogP contribution in [0.25, 0.3) is 5.65 Å². The van der Waals surface area contributed by atoms with Gasteiger partial charge in [-0.15, -0.1) is 0 Å². The number of rotatable bonds is 7. The molecule has 0 saturated heterocycles. The molecule has 0 radical (unpaired) electrons. The van der Waals surface area contributed by atoms with Crippen LogP contribution in [-0.2, 0) is 11.3 Å². The summed E-state index contributed by atoms with van der Waals surface area (Å²) in [6.07, 6.45) is 8.42. The quantitative estimate of drug-likeness (QED) is 0.359. The lowest BCUT2D eigenvalue weighted by Gasteiger charge is -2.11. The van der Waals surface area contributed by atoms with E-state index in [-0.39, 0.29) is 6.42 Å². The van der Waals surface area contributed by atoms with Gasteiger partial charge in [0.15, 0.2) is 5.67 Å². The minimum absolute atomic E-state index is 0.132. The van der Waals surface area contributed by atoms with Crippen LogP contribution in [0.1, 0.15) is 47.9 Å². The first-order valence-corrected chi connectivity index (χ1v) is 11.8. The fourth-order valence-corrected chi connectivity index (χ4v) is 4.62. The molecule has 2 aliphatic carbocycles. The predicted octanol–water partition coefficient (Wildman–Crippen LogP) is 5.71. The number of pyridine rings is 2.